The summed E-state index contributed by atoms with van der Waals surface area (Å²) in [6.45, 7) is 10.8. The first-order chi connectivity index (χ1) is 8.74. The Bertz CT molecular complexity index is 196. The predicted octanol–water partition coefficient (Wildman–Crippen LogP) is 6.51. The predicted molar refractivity (Wildman–Crippen MR) is 88.9 cm³/mol. The van der Waals surface area contributed by atoms with E-state index in [2.05, 4.69) is 37.5 Å². The Labute approximate surface area is 120 Å². The molecule has 0 aromatic rings. The fraction of sp³-hybridized carbons (Fsp3) is 0.765. The first kappa shape index (κ1) is 18.3. The van der Waals surface area contributed by atoms with E-state index in [0.29, 0.717) is 0 Å². The molecule has 0 aliphatic carbocycles. The molecule has 0 aromatic heterocycles. The van der Waals surface area contributed by atoms with E-state index in [0.717, 1.165) is 6.42 Å². The molecule has 0 nitrogen and oxygen atoms in total. The topological polar surface area (TPSA) is 0 Å². The molecule has 0 unspecified atom stereocenters. The van der Waals surface area contributed by atoms with Gasteiger partial charge in [0.15, 0.2) is 0 Å². The fourth-order valence-corrected chi connectivity index (χ4v) is 17.1. The molecule has 0 amide bonds. The van der Waals surface area contributed by atoms with E-state index in [1.165, 1.54) is 38.5 Å². The van der Waals surface area contributed by atoms with Gasteiger partial charge >= 0.3 is 120 Å². The molecule has 0 aliphatic rings. The summed E-state index contributed by atoms with van der Waals surface area (Å²) in [7, 11) is 0. The van der Waals surface area contributed by atoms with Crippen molar-refractivity contribution in [1.82, 2.24) is 0 Å². The Kier molecular flexibility index (Phi) is 12.5. The number of unbranched alkanes of at least 4 members (excludes halogenated alkanes) is 3. The standard InChI is InChI=1S/C5H7.3C4H9.Sn/c1-3-5-4-2;3*1-3-4-2;/h1,3-4H,2,5H2;3*1,3-4H2,2H3;. The molecule has 106 valence electrons. The van der Waals surface area contributed by atoms with E-state index in [1.54, 1.807) is 13.3 Å². The molecule has 0 spiro atoms. The van der Waals surface area contributed by atoms with Crippen molar-refractivity contribution in [1.29, 1.82) is 0 Å². The van der Waals surface area contributed by atoms with Crippen LogP contribution in [-0.2, 0) is 0 Å². The fourth-order valence-electron chi connectivity index (χ4n) is 2.63. The van der Waals surface area contributed by atoms with Gasteiger partial charge in [-0.3, -0.25) is 0 Å². The van der Waals surface area contributed by atoms with E-state index < -0.39 is 18.4 Å². The van der Waals surface area contributed by atoms with Gasteiger partial charge in [0, 0.05) is 0 Å². The number of hydrogen-bond acceptors (Lipinski definition) is 0. The summed E-state index contributed by atoms with van der Waals surface area (Å²) in [4.78, 5) is 0. The quantitative estimate of drug-likeness (QED) is 0.276. The zero-order chi connectivity index (χ0) is 13.7. The molecule has 0 fully saturated rings. The summed E-state index contributed by atoms with van der Waals surface area (Å²) in [5.74, 6) is 0. The summed E-state index contributed by atoms with van der Waals surface area (Å²) < 4.78 is 7.48. The molecular formula is C17H34Sn. The van der Waals surface area contributed by atoms with Gasteiger partial charge in [-0.25, -0.2) is 0 Å². The van der Waals surface area contributed by atoms with Crippen LogP contribution in [0.15, 0.2) is 22.8 Å². The zero-order valence-electron chi connectivity index (χ0n) is 13.0. The Balaban J connectivity index is 4.66. The van der Waals surface area contributed by atoms with Crippen molar-refractivity contribution in [2.75, 3.05) is 0 Å². The van der Waals surface area contributed by atoms with Crippen LogP contribution in [0, 0.1) is 0 Å². The molecule has 0 rings (SSSR count). The summed E-state index contributed by atoms with van der Waals surface area (Å²) >= 11 is -1.94. The van der Waals surface area contributed by atoms with E-state index in [-0.39, 0.29) is 0 Å². The Morgan fingerprint density at radius 2 is 1.28 bits per heavy atom. The van der Waals surface area contributed by atoms with Gasteiger partial charge < -0.3 is 0 Å². The third-order valence-electron chi connectivity index (χ3n) is 3.86. The van der Waals surface area contributed by atoms with Crippen LogP contribution in [0.1, 0.15) is 65.7 Å². The van der Waals surface area contributed by atoms with Gasteiger partial charge in [0.1, 0.15) is 0 Å². The first-order valence-corrected chi connectivity index (χ1v) is 15.7. The number of rotatable bonds is 12. The molecule has 0 atom stereocenters. The molecule has 0 bridgehead atoms. The van der Waals surface area contributed by atoms with Crippen LogP contribution in [-0.4, -0.2) is 18.4 Å². The molecule has 18 heavy (non-hydrogen) atoms. The van der Waals surface area contributed by atoms with Crippen molar-refractivity contribution in [3.05, 3.63) is 22.8 Å². The molecule has 0 saturated heterocycles. The second kappa shape index (κ2) is 12.3. The van der Waals surface area contributed by atoms with E-state index in [4.69, 9.17) is 0 Å². The van der Waals surface area contributed by atoms with Crippen LogP contribution >= 0.6 is 0 Å². The third-order valence-corrected chi connectivity index (χ3v) is 18.1. The van der Waals surface area contributed by atoms with Crippen molar-refractivity contribution in [3.63, 3.8) is 0 Å². The van der Waals surface area contributed by atoms with Crippen molar-refractivity contribution in [2.45, 2.75) is 79.0 Å². The maximum absolute atomic E-state index is 3.84. The molecule has 0 aromatic carbocycles. The second-order valence-electron chi connectivity index (χ2n) is 5.60. The van der Waals surface area contributed by atoms with E-state index >= 15 is 0 Å². The average Bonchev–Trinajstić information content (AvgIpc) is 2.40. The Hall–Kier alpha value is 0.279. The van der Waals surface area contributed by atoms with Crippen LogP contribution < -0.4 is 0 Å². The second-order valence-corrected chi connectivity index (χ2v) is 18.6. The van der Waals surface area contributed by atoms with Gasteiger partial charge in [0.2, 0.25) is 0 Å². The number of hydrogen-bond donors (Lipinski definition) is 0. The van der Waals surface area contributed by atoms with Gasteiger partial charge in [-0.15, -0.1) is 0 Å². The molecule has 0 N–H and O–H groups in total. The van der Waals surface area contributed by atoms with Crippen molar-refractivity contribution < 1.29 is 0 Å². The van der Waals surface area contributed by atoms with Crippen LogP contribution in [0.4, 0.5) is 0 Å². The van der Waals surface area contributed by atoms with Gasteiger partial charge in [-0.1, -0.05) is 0 Å². The summed E-state index contributed by atoms with van der Waals surface area (Å²) in [5.41, 5.74) is 0. The Morgan fingerprint density at radius 3 is 1.61 bits per heavy atom. The van der Waals surface area contributed by atoms with Crippen LogP contribution in [0.3, 0.4) is 0 Å². The van der Waals surface area contributed by atoms with Crippen molar-refractivity contribution >= 4 is 18.4 Å². The molecule has 0 heterocycles. The van der Waals surface area contributed by atoms with E-state index in [9.17, 15) is 0 Å². The molecule has 0 aliphatic heterocycles. The molecule has 0 saturated carbocycles. The minimum atomic E-state index is -1.94. The molecule has 0 radical (unpaired) electrons. The summed E-state index contributed by atoms with van der Waals surface area (Å²) in [6.07, 6.45) is 14.0. The zero-order valence-corrected chi connectivity index (χ0v) is 15.9. The summed E-state index contributed by atoms with van der Waals surface area (Å²) in [6, 6.07) is 0. The molecule has 1 heteroatoms. The number of allylic oxidation sites excluding steroid dienone is 2. The van der Waals surface area contributed by atoms with Crippen molar-refractivity contribution in [3.8, 4) is 0 Å². The Morgan fingerprint density at radius 1 is 0.833 bits per heavy atom. The third kappa shape index (κ3) is 8.39. The first-order valence-electron chi connectivity index (χ1n) is 8.03. The van der Waals surface area contributed by atoms with Crippen molar-refractivity contribution in [2.24, 2.45) is 0 Å². The van der Waals surface area contributed by atoms with Crippen LogP contribution in [0.5, 0.6) is 0 Å². The van der Waals surface area contributed by atoms with Crippen LogP contribution in [0.2, 0.25) is 13.3 Å². The normalized spacial score (nSPS) is 12.2. The summed E-state index contributed by atoms with van der Waals surface area (Å²) in [5, 5.41) is 0. The van der Waals surface area contributed by atoms with Gasteiger partial charge in [0.25, 0.3) is 0 Å². The average molecular weight is 357 g/mol. The SMILES string of the molecule is C=CC/C=[CH]/[Sn]([CH2]CCC)([CH2]CCC)[CH2]CCC. The van der Waals surface area contributed by atoms with Gasteiger partial charge in [-0.2, -0.15) is 0 Å². The van der Waals surface area contributed by atoms with Gasteiger partial charge in [-0.05, 0) is 0 Å². The maximum atomic E-state index is 3.84. The van der Waals surface area contributed by atoms with Gasteiger partial charge in [0.05, 0.1) is 0 Å². The minimum absolute atomic E-state index is 1.07. The monoisotopic (exact) mass is 358 g/mol. The van der Waals surface area contributed by atoms with Crippen LogP contribution in [0.25, 0.3) is 0 Å². The molecular weight excluding hydrogens is 323 g/mol. The van der Waals surface area contributed by atoms with E-state index in [1.807, 2.05) is 6.08 Å².